The van der Waals surface area contributed by atoms with Gasteiger partial charge in [-0.05, 0) is 46.1 Å². The summed E-state index contributed by atoms with van der Waals surface area (Å²) >= 11 is 0. The first-order chi connectivity index (χ1) is 7.47. The van der Waals surface area contributed by atoms with E-state index in [1.165, 1.54) is 18.4 Å². The fourth-order valence-corrected chi connectivity index (χ4v) is 2.24. The van der Waals surface area contributed by atoms with E-state index in [4.69, 9.17) is 0 Å². The van der Waals surface area contributed by atoms with Crippen LogP contribution in [-0.4, -0.2) is 16.3 Å². The molecule has 0 radical (unpaired) electrons. The van der Waals surface area contributed by atoms with Gasteiger partial charge in [0.05, 0.1) is 11.7 Å². The van der Waals surface area contributed by atoms with Crippen LogP contribution in [0.3, 0.4) is 0 Å². The van der Waals surface area contributed by atoms with Crippen LogP contribution in [0, 0.1) is 5.92 Å². The Balaban J connectivity index is 2.12. The van der Waals surface area contributed by atoms with E-state index in [0.717, 1.165) is 12.5 Å². The number of nitrogens with one attached hydrogen (secondary N) is 1. The molecule has 0 saturated carbocycles. The number of hydrogen-bond donors (Lipinski definition) is 1. The summed E-state index contributed by atoms with van der Waals surface area (Å²) in [6.07, 6.45) is 6.73. The van der Waals surface area contributed by atoms with E-state index < -0.39 is 0 Å². The third kappa shape index (κ3) is 2.46. The Labute approximate surface area is 98.2 Å². The molecule has 1 aliphatic rings. The molecular weight excluding hydrogens is 198 g/mol. The molecule has 1 aromatic heterocycles. The van der Waals surface area contributed by atoms with Crippen molar-refractivity contribution in [3.05, 3.63) is 18.0 Å². The van der Waals surface area contributed by atoms with E-state index >= 15 is 0 Å². The van der Waals surface area contributed by atoms with Gasteiger partial charge >= 0.3 is 0 Å². The predicted molar refractivity (Wildman–Crippen MR) is 66.4 cm³/mol. The highest BCUT2D eigenvalue weighted by molar-refractivity contribution is 5.12. The Hall–Kier alpha value is -0.830. The molecule has 1 aliphatic heterocycles. The van der Waals surface area contributed by atoms with Gasteiger partial charge in [0.15, 0.2) is 0 Å². The van der Waals surface area contributed by atoms with Crippen LogP contribution in [0.2, 0.25) is 0 Å². The molecule has 1 saturated heterocycles. The maximum atomic E-state index is 4.46. The quantitative estimate of drug-likeness (QED) is 0.790. The average Bonchev–Trinajstić information content (AvgIpc) is 2.65. The van der Waals surface area contributed by atoms with Gasteiger partial charge in [0.25, 0.3) is 0 Å². The molecule has 2 unspecified atom stereocenters. The first kappa shape index (κ1) is 11.6. The summed E-state index contributed by atoms with van der Waals surface area (Å²) in [5.74, 6) is 0.823. The Morgan fingerprint density at radius 3 is 2.75 bits per heavy atom. The van der Waals surface area contributed by atoms with Crippen molar-refractivity contribution in [3.63, 3.8) is 0 Å². The van der Waals surface area contributed by atoms with Crippen LogP contribution in [0.5, 0.6) is 0 Å². The molecule has 0 spiro atoms. The average molecular weight is 221 g/mol. The van der Waals surface area contributed by atoms with E-state index in [9.17, 15) is 0 Å². The highest BCUT2D eigenvalue weighted by atomic mass is 15.3. The van der Waals surface area contributed by atoms with Gasteiger partial charge in [-0.25, -0.2) is 0 Å². The molecule has 1 fully saturated rings. The summed E-state index contributed by atoms with van der Waals surface area (Å²) in [4.78, 5) is 0. The summed E-state index contributed by atoms with van der Waals surface area (Å²) in [5, 5.41) is 8.04. The van der Waals surface area contributed by atoms with Crippen LogP contribution in [-0.2, 0) is 5.54 Å². The lowest BCUT2D eigenvalue weighted by Crippen LogP contribution is -2.30. The largest absolute Gasteiger partial charge is 0.310 e. The number of rotatable bonds is 1. The normalized spacial score (nSPS) is 27.0. The van der Waals surface area contributed by atoms with E-state index in [2.05, 4.69) is 49.0 Å². The van der Waals surface area contributed by atoms with Crippen molar-refractivity contribution in [2.45, 2.75) is 52.1 Å². The van der Waals surface area contributed by atoms with E-state index in [1.54, 1.807) is 0 Å². The molecule has 1 aromatic rings. The Morgan fingerprint density at radius 1 is 1.44 bits per heavy atom. The highest BCUT2D eigenvalue weighted by Gasteiger charge is 2.22. The maximum absolute atomic E-state index is 4.46. The van der Waals surface area contributed by atoms with Crippen molar-refractivity contribution in [1.29, 1.82) is 0 Å². The minimum absolute atomic E-state index is 0.0819. The summed E-state index contributed by atoms with van der Waals surface area (Å²) in [7, 11) is 0. The predicted octanol–water partition coefficient (Wildman–Crippen LogP) is 2.70. The van der Waals surface area contributed by atoms with Crippen molar-refractivity contribution in [1.82, 2.24) is 15.1 Å². The third-order valence-corrected chi connectivity index (χ3v) is 3.36. The van der Waals surface area contributed by atoms with Crippen LogP contribution >= 0.6 is 0 Å². The van der Waals surface area contributed by atoms with E-state index in [-0.39, 0.29) is 5.54 Å². The number of hydrogen-bond acceptors (Lipinski definition) is 2. The van der Waals surface area contributed by atoms with Gasteiger partial charge in [0.1, 0.15) is 0 Å². The van der Waals surface area contributed by atoms with E-state index in [1.807, 2.05) is 6.20 Å². The first-order valence-corrected chi connectivity index (χ1v) is 6.25. The number of nitrogens with zero attached hydrogens (tertiary/aromatic N) is 2. The fourth-order valence-electron chi connectivity index (χ4n) is 2.24. The zero-order valence-electron chi connectivity index (χ0n) is 10.8. The molecule has 0 bridgehead atoms. The number of aromatic nitrogens is 2. The van der Waals surface area contributed by atoms with Crippen LogP contribution in [0.25, 0.3) is 0 Å². The maximum Gasteiger partial charge on any atom is 0.0543 e. The Bertz CT molecular complexity index is 348. The second kappa shape index (κ2) is 4.21. The van der Waals surface area contributed by atoms with Gasteiger partial charge in [0.2, 0.25) is 0 Å². The lowest BCUT2D eigenvalue weighted by atomic mass is 9.91. The Kier molecular flexibility index (Phi) is 3.06. The van der Waals surface area contributed by atoms with Crippen LogP contribution in [0.1, 0.15) is 52.1 Å². The molecule has 1 N–H and O–H groups in total. The second-order valence-electron chi connectivity index (χ2n) is 6.03. The molecule has 0 aliphatic carbocycles. The van der Waals surface area contributed by atoms with Gasteiger partial charge in [-0.1, -0.05) is 6.92 Å². The topological polar surface area (TPSA) is 29.9 Å². The van der Waals surface area contributed by atoms with Crippen molar-refractivity contribution < 1.29 is 0 Å². The van der Waals surface area contributed by atoms with Gasteiger partial charge in [-0.3, -0.25) is 4.68 Å². The van der Waals surface area contributed by atoms with Crippen LogP contribution < -0.4 is 5.32 Å². The second-order valence-corrected chi connectivity index (χ2v) is 6.03. The molecule has 0 aromatic carbocycles. The van der Waals surface area contributed by atoms with Gasteiger partial charge in [-0.2, -0.15) is 5.10 Å². The van der Waals surface area contributed by atoms with E-state index in [0.29, 0.717) is 6.04 Å². The standard InChI is InChI=1S/C13H23N3/c1-10-5-6-14-12(7-10)11-8-15-16(9-11)13(2,3)4/h8-10,12,14H,5-7H2,1-4H3. The number of piperidine rings is 1. The minimum Gasteiger partial charge on any atom is -0.310 e. The molecule has 3 heteroatoms. The molecule has 90 valence electrons. The highest BCUT2D eigenvalue weighted by Crippen LogP contribution is 2.27. The fraction of sp³-hybridized carbons (Fsp3) is 0.769. The Morgan fingerprint density at radius 2 is 2.19 bits per heavy atom. The molecular formula is C13H23N3. The minimum atomic E-state index is 0.0819. The van der Waals surface area contributed by atoms with Gasteiger partial charge < -0.3 is 5.32 Å². The zero-order chi connectivity index (χ0) is 11.8. The summed E-state index contributed by atoms with van der Waals surface area (Å²) in [6, 6.07) is 0.500. The molecule has 0 amide bonds. The van der Waals surface area contributed by atoms with Gasteiger partial charge in [0, 0.05) is 17.8 Å². The lowest BCUT2D eigenvalue weighted by Gasteiger charge is -2.27. The molecule has 2 heterocycles. The van der Waals surface area contributed by atoms with Crippen LogP contribution in [0.4, 0.5) is 0 Å². The van der Waals surface area contributed by atoms with Crippen LogP contribution in [0.15, 0.2) is 12.4 Å². The zero-order valence-corrected chi connectivity index (χ0v) is 10.8. The smallest absolute Gasteiger partial charge is 0.0543 e. The first-order valence-electron chi connectivity index (χ1n) is 6.25. The summed E-state index contributed by atoms with van der Waals surface area (Å²) in [6.45, 7) is 10.0. The van der Waals surface area contributed by atoms with Crippen molar-refractivity contribution >= 4 is 0 Å². The molecule has 2 rings (SSSR count). The summed E-state index contributed by atoms with van der Waals surface area (Å²) < 4.78 is 2.06. The SMILES string of the molecule is CC1CCNC(c2cnn(C(C)(C)C)c2)C1. The molecule has 16 heavy (non-hydrogen) atoms. The van der Waals surface area contributed by atoms with Crippen molar-refractivity contribution in [3.8, 4) is 0 Å². The lowest BCUT2D eigenvalue weighted by molar-refractivity contribution is 0.323. The molecule has 2 atom stereocenters. The monoisotopic (exact) mass is 221 g/mol. The third-order valence-electron chi connectivity index (χ3n) is 3.36. The summed E-state index contributed by atoms with van der Waals surface area (Å²) in [5.41, 5.74) is 1.42. The van der Waals surface area contributed by atoms with Crippen molar-refractivity contribution in [2.24, 2.45) is 5.92 Å². The van der Waals surface area contributed by atoms with Gasteiger partial charge in [-0.15, -0.1) is 0 Å². The van der Waals surface area contributed by atoms with Crippen molar-refractivity contribution in [2.75, 3.05) is 6.54 Å². The molecule has 3 nitrogen and oxygen atoms in total.